The summed E-state index contributed by atoms with van der Waals surface area (Å²) in [5, 5.41) is 19.2. The molecule has 3 aromatic rings. The Kier molecular flexibility index (Phi) is 4.95. The first-order chi connectivity index (χ1) is 12.1. The van der Waals surface area contributed by atoms with E-state index in [1.807, 2.05) is 42.5 Å². The van der Waals surface area contributed by atoms with Crippen LogP contribution in [0.4, 0.5) is 5.69 Å². The highest BCUT2D eigenvalue weighted by molar-refractivity contribution is 6.01. The number of anilines is 1. The molecule has 0 aliphatic rings. The van der Waals surface area contributed by atoms with Crippen molar-refractivity contribution in [1.82, 2.24) is 5.43 Å². The second kappa shape index (κ2) is 7.49. The molecule has 0 unspecified atom stereocenters. The SMILES string of the molecule is C/C(=N\NC(=O)CNc1ccc2ccccc2c1)c1ccccc1O. The van der Waals surface area contributed by atoms with Gasteiger partial charge in [-0.25, -0.2) is 5.43 Å². The van der Waals surface area contributed by atoms with E-state index in [2.05, 4.69) is 15.8 Å². The van der Waals surface area contributed by atoms with Crippen LogP contribution >= 0.6 is 0 Å². The normalized spacial score (nSPS) is 11.3. The number of hydrazone groups is 1. The summed E-state index contributed by atoms with van der Waals surface area (Å²) in [6.45, 7) is 1.84. The number of phenolic OH excluding ortho intramolecular Hbond substituents is 1. The van der Waals surface area contributed by atoms with Crippen LogP contribution in [0.25, 0.3) is 10.8 Å². The molecule has 0 aliphatic heterocycles. The topological polar surface area (TPSA) is 73.7 Å². The minimum absolute atomic E-state index is 0.107. The summed E-state index contributed by atoms with van der Waals surface area (Å²) in [6, 6.07) is 20.9. The minimum Gasteiger partial charge on any atom is -0.507 e. The molecule has 126 valence electrons. The molecule has 5 nitrogen and oxygen atoms in total. The monoisotopic (exact) mass is 333 g/mol. The van der Waals surface area contributed by atoms with Gasteiger partial charge in [0.2, 0.25) is 0 Å². The lowest BCUT2D eigenvalue weighted by Crippen LogP contribution is -2.26. The van der Waals surface area contributed by atoms with Crippen LogP contribution < -0.4 is 10.7 Å². The van der Waals surface area contributed by atoms with Gasteiger partial charge in [-0.2, -0.15) is 5.10 Å². The Hall–Kier alpha value is -3.34. The third-order valence-electron chi connectivity index (χ3n) is 3.84. The standard InChI is InChI=1S/C20H19N3O2/c1-14(18-8-4-5-9-19(18)24)22-23-20(25)13-21-17-11-10-15-6-2-3-7-16(15)12-17/h2-12,21,24H,13H2,1H3,(H,23,25)/b22-14+. The third-order valence-corrected chi connectivity index (χ3v) is 3.84. The van der Waals surface area contributed by atoms with E-state index in [0.717, 1.165) is 16.5 Å². The van der Waals surface area contributed by atoms with E-state index in [-0.39, 0.29) is 18.2 Å². The number of carbonyl (C=O) groups excluding carboxylic acids is 1. The number of hydrogen-bond donors (Lipinski definition) is 3. The highest BCUT2D eigenvalue weighted by Gasteiger charge is 2.05. The Morgan fingerprint density at radius 2 is 1.72 bits per heavy atom. The average molecular weight is 333 g/mol. The molecular formula is C20H19N3O2. The van der Waals surface area contributed by atoms with E-state index in [4.69, 9.17) is 0 Å². The molecule has 0 fully saturated rings. The highest BCUT2D eigenvalue weighted by Crippen LogP contribution is 2.18. The molecule has 3 aromatic carbocycles. The zero-order valence-electron chi connectivity index (χ0n) is 13.9. The summed E-state index contributed by atoms with van der Waals surface area (Å²) < 4.78 is 0. The lowest BCUT2D eigenvalue weighted by molar-refractivity contribution is -0.119. The molecule has 0 saturated carbocycles. The number of phenols is 1. The van der Waals surface area contributed by atoms with Crippen molar-refractivity contribution in [3.63, 3.8) is 0 Å². The number of rotatable bonds is 5. The zero-order valence-corrected chi connectivity index (χ0v) is 13.9. The van der Waals surface area contributed by atoms with E-state index in [0.29, 0.717) is 11.3 Å². The van der Waals surface area contributed by atoms with Gasteiger partial charge >= 0.3 is 0 Å². The van der Waals surface area contributed by atoms with E-state index in [9.17, 15) is 9.90 Å². The van der Waals surface area contributed by atoms with Gasteiger partial charge in [0.15, 0.2) is 0 Å². The Balaban J connectivity index is 1.59. The lowest BCUT2D eigenvalue weighted by Gasteiger charge is -2.08. The van der Waals surface area contributed by atoms with Gasteiger partial charge in [0.25, 0.3) is 5.91 Å². The van der Waals surface area contributed by atoms with Crippen molar-refractivity contribution < 1.29 is 9.90 Å². The van der Waals surface area contributed by atoms with E-state index < -0.39 is 0 Å². The quantitative estimate of drug-likeness (QED) is 0.494. The molecule has 0 spiro atoms. The molecule has 0 heterocycles. The van der Waals surface area contributed by atoms with Crippen LogP contribution in [0, 0.1) is 0 Å². The lowest BCUT2D eigenvalue weighted by atomic mass is 10.1. The summed E-state index contributed by atoms with van der Waals surface area (Å²) in [5.41, 5.74) is 4.49. The van der Waals surface area contributed by atoms with Crippen LogP contribution in [0.2, 0.25) is 0 Å². The Morgan fingerprint density at radius 3 is 2.52 bits per heavy atom. The van der Waals surface area contributed by atoms with Gasteiger partial charge < -0.3 is 10.4 Å². The largest absolute Gasteiger partial charge is 0.507 e. The fourth-order valence-corrected chi connectivity index (χ4v) is 2.51. The van der Waals surface area contributed by atoms with Crippen LogP contribution in [-0.2, 0) is 4.79 Å². The van der Waals surface area contributed by atoms with Crippen molar-refractivity contribution in [3.8, 4) is 5.75 Å². The molecule has 5 heteroatoms. The summed E-state index contributed by atoms with van der Waals surface area (Å²) in [7, 11) is 0. The summed E-state index contributed by atoms with van der Waals surface area (Å²) in [4.78, 5) is 12.0. The van der Waals surface area contributed by atoms with E-state index >= 15 is 0 Å². The van der Waals surface area contributed by atoms with Gasteiger partial charge in [0.1, 0.15) is 5.75 Å². The van der Waals surface area contributed by atoms with Crippen molar-refractivity contribution in [1.29, 1.82) is 0 Å². The Labute approximate surface area is 146 Å². The molecule has 0 saturated heterocycles. The van der Waals surface area contributed by atoms with Gasteiger partial charge in [0.05, 0.1) is 12.3 Å². The van der Waals surface area contributed by atoms with Crippen LogP contribution in [0.5, 0.6) is 5.75 Å². The van der Waals surface area contributed by atoms with Crippen molar-refractivity contribution >= 4 is 28.1 Å². The maximum absolute atomic E-state index is 12.0. The maximum atomic E-state index is 12.0. The predicted molar refractivity (Wildman–Crippen MR) is 101 cm³/mol. The molecule has 3 rings (SSSR count). The first kappa shape index (κ1) is 16.5. The number of nitrogens with one attached hydrogen (secondary N) is 2. The number of hydrogen-bond acceptors (Lipinski definition) is 4. The summed E-state index contributed by atoms with van der Waals surface area (Å²) in [6.07, 6.45) is 0. The first-order valence-corrected chi connectivity index (χ1v) is 7.97. The number of benzene rings is 3. The minimum atomic E-state index is -0.261. The molecule has 0 radical (unpaired) electrons. The van der Waals surface area contributed by atoms with Gasteiger partial charge in [-0.1, -0.05) is 42.5 Å². The van der Waals surface area contributed by atoms with Crippen LogP contribution in [0.15, 0.2) is 71.8 Å². The van der Waals surface area contributed by atoms with Crippen LogP contribution in [-0.4, -0.2) is 23.3 Å². The number of para-hydroxylation sites is 1. The van der Waals surface area contributed by atoms with Gasteiger partial charge in [-0.05, 0) is 42.0 Å². The van der Waals surface area contributed by atoms with Crippen molar-refractivity contribution in [2.24, 2.45) is 5.10 Å². The molecule has 0 aliphatic carbocycles. The number of aromatic hydroxyl groups is 1. The number of carbonyl (C=O) groups is 1. The van der Waals surface area contributed by atoms with E-state index in [1.54, 1.807) is 31.2 Å². The van der Waals surface area contributed by atoms with Crippen molar-refractivity contribution in [2.45, 2.75) is 6.92 Å². The van der Waals surface area contributed by atoms with Crippen LogP contribution in [0.3, 0.4) is 0 Å². The van der Waals surface area contributed by atoms with Crippen molar-refractivity contribution in [2.75, 3.05) is 11.9 Å². The fraction of sp³-hybridized carbons (Fsp3) is 0.100. The molecule has 0 atom stereocenters. The fourth-order valence-electron chi connectivity index (χ4n) is 2.51. The predicted octanol–water partition coefficient (Wildman–Crippen LogP) is 3.50. The van der Waals surface area contributed by atoms with Gasteiger partial charge in [-0.15, -0.1) is 0 Å². The second-order valence-electron chi connectivity index (χ2n) is 5.66. The molecular weight excluding hydrogens is 314 g/mol. The third kappa shape index (κ3) is 4.14. The molecule has 25 heavy (non-hydrogen) atoms. The van der Waals surface area contributed by atoms with E-state index in [1.165, 1.54) is 0 Å². The van der Waals surface area contributed by atoms with Crippen LogP contribution in [0.1, 0.15) is 12.5 Å². The smallest absolute Gasteiger partial charge is 0.259 e. The zero-order chi connectivity index (χ0) is 17.6. The molecule has 0 bridgehead atoms. The molecule has 1 amide bonds. The number of fused-ring (bicyclic) bond motifs is 1. The Bertz CT molecular complexity index is 935. The maximum Gasteiger partial charge on any atom is 0.259 e. The molecule has 0 aromatic heterocycles. The van der Waals surface area contributed by atoms with Crippen molar-refractivity contribution in [3.05, 3.63) is 72.3 Å². The Morgan fingerprint density at radius 1 is 1.00 bits per heavy atom. The number of nitrogens with zero attached hydrogens (tertiary/aromatic N) is 1. The van der Waals surface area contributed by atoms with Gasteiger partial charge in [-0.3, -0.25) is 4.79 Å². The summed E-state index contributed by atoms with van der Waals surface area (Å²) in [5.74, 6) is -0.129. The average Bonchev–Trinajstić information content (AvgIpc) is 2.64. The second-order valence-corrected chi connectivity index (χ2v) is 5.66. The summed E-state index contributed by atoms with van der Waals surface area (Å²) >= 11 is 0. The number of amides is 1. The molecule has 3 N–H and O–H groups in total. The first-order valence-electron chi connectivity index (χ1n) is 7.97. The highest BCUT2D eigenvalue weighted by atomic mass is 16.3. The van der Waals surface area contributed by atoms with Gasteiger partial charge in [0, 0.05) is 11.3 Å².